The summed E-state index contributed by atoms with van der Waals surface area (Å²) in [7, 11) is 0. The van der Waals surface area contributed by atoms with Crippen LogP contribution in [0.15, 0.2) is 30.6 Å². The molecule has 4 rings (SSSR count). The minimum Gasteiger partial charge on any atom is -0.462 e. The van der Waals surface area contributed by atoms with Gasteiger partial charge in [-0.3, -0.25) is 4.90 Å². The average Bonchev–Trinajstić information content (AvgIpc) is 2.92. The number of nitrogens with zero attached hydrogens (tertiary/aromatic N) is 4. The minimum atomic E-state index is -0.309. The molecule has 0 bridgehead atoms. The van der Waals surface area contributed by atoms with Crippen molar-refractivity contribution in [1.29, 1.82) is 0 Å². The van der Waals surface area contributed by atoms with E-state index in [-0.39, 0.29) is 11.8 Å². The lowest BCUT2D eigenvalue weighted by Crippen LogP contribution is -2.31. The van der Waals surface area contributed by atoms with Gasteiger partial charge in [-0.25, -0.2) is 19.2 Å². The Labute approximate surface area is 179 Å². The molecule has 3 aromatic rings. The number of ether oxygens (including phenoxy) is 1. The first kappa shape index (κ1) is 20.7. The van der Waals surface area contributed by atoms with Crippen molar-refractivity contribution < 1.29 is 13.9 Å². The zero-order chi connectivity index (χ0) is 21.1. The summed E-state index contributed by atoms with van der Waals surface area (Å²) in [4.78, 5) is 27.2. The lowest BCUT2D eigenvalue weighted by atomic mass is 10.2. The standard InChI is InChI=1S/C22H25FN4O2S/c1-3-29-22(28)19-15(2)18-20(24-14-25-21(18)30-19)27-10-6-9-26(11-12-27)13-16-7-4-5-8-17(16)23/h4-5,7-8,14H,3,6,9-13H2,1-2H3. The summed E-state index contributed by atoms with van der Waals surface area (Å²) in [5.41, 5.74) is 1.60. The highest BCUT2D eigenvalue weighted by Gasteiger charge is 2.24. The maximum atomic E-state index is 14.0. The number of hydrogen-bond donors (Lipinski definition) is 0. The maximum Gasteiger partial charge on any atom is 0.348 e. The molecule has 0 unspecified atom stereocenters. The smallest absolute Gasteiger partial charge is 0.348 e. The van der Waals surface area contributed by atoms with Crippen LogP contribution in [-0.4, -0.2) is 53.6 Å². The maximum absolute atomic E-state index is 14.0. The van der Waals surface area contributed by atoms with E-state index in [1.54, 1.807) is 19.3 Å². The number of hydrogen-bond acceptors (Lipinski definition) is 7. The van der Waals surface area contributed by atoms with Gasteiger partial charge in [0.2, 0.25) is 0 Å². The number of anilines is 1. The molecule has 30 heavy (non-hydrogen) atoms. The molecule has 0 N–H and O–H groups in total. The van der Waals surface area contributed by atoms with Crippen molar-refractivity contribution in [1.82, 2.24) is 14.9 Å². The number of halogens is 1. The van der Waals surface area contributed by atoms with Gasteiger partial charge in [-0.1, -0.05) is 18.2 Å². The molecule has 1 fully saturated rings. The number of benzene rings is 1. The van der Waals surface area contributed by atoms with Gasteiger partial charge in [0.1, 0.15) is 27.7 Å². The Hall–Kier alpha value is -2.58. The van der Waals surface area contributed by atoms with Gasteiger partial charge >= 0.3 is 5.97 Å². The molecule has 0 spiro atoms. The normalized spacial score (nSPS) is 15.4. The largest absolute Gasteiger partial charge is 0.462 e. The van der Waals surface area contributed by atoms with Crippen molar-refractivity contribution in [2.75, 3.05) is 37.7 Å². The lowest BCUT2D eigenvalue weighted by molar-refractivity contribution is 0.0531. The summed E-state index contributed by atoms with van der Waals surface area (Å²) in [5.74, 6) is 0.393. The van der Waals surface area contributed by atoms with Gasteiger partial charge in [-0.05, 0) is 31.9 Å². The predicted molar refractivity (Wildman–Crippen MR) is 117 cm³/mol. The molecule has 0 radical (unpaired) electrons. The highest BCUT2D eigenvalue weighted by Crippen LogP contribution is 2.35. The molecule has 0 saturated carbocycles. The van der Waals surface area contributed by atoms with E-state index >= 15 is 0 Å². The second-order valence-corrected chi connectivity index (χ2v) is 8.36. The summed E-state index contributed by atoms with van der Waals surface area (Å²) < 4.78 is 19.2. The summed E-state index contributed by atoms with van der Waals surface area (Å²) >= 11 is 1.35. The topological polar surface area (TPSA) is 58.6 Å². The molecule has 6 nitrogen and oxygen atoms in total. The van der Waals surface area contributed by atoms with E-state index in [2.05, 4.69) is 19.8 Å². The number of aromatic nitrogens is 2. The van der Waals surface area contributed by atoms with Crippen LogP contribution < -0.4 is 4.90 Å². The Morgan fingerprint density at radius 1 is 1.20 bits per heavy atom. The number of carbonyl (C=O) groups excluding carboxylic acids is 1. The van der Waals surface area contributed by atoms with Gasteiger partial charge in [-0.2, -0.15) is 0 Å². The number of carbonyl (C=O) groups is 1. The predicted octanol–water partition coefficient (Wildman–Crippen LogP) is 4.03. The van der Waals surface area contributed by atoms with E-state index in [1.165, 1.54) is 17.4 Å². The van der Waals surface area contributed by atoms with Crippen LogP contribution in [0.2, 0.25) is 0 Å². The van der Waals surface area contributed by atoms with Crippen molar-refractivity contribution in [3.63, 3.8) is 0 Å². The second kappa shape index (κ2) is 9.06. The molecular formula is C22H25FN4O2S. The molecule has 2 aromatic heterocycles. The minimum absolute atomic E-state index is 0.156. The molecule has 1 saturated heterocycles. The van der Waals surface area contributed by atoms with Gasteiger partial charge < -0.3 is 9.64 Å². The number of rotatable bonds is 5. The zero-order valence-corrected chi connectivity index (χ0v) is 18.0. The van der Waals surface area contributed by atoms with Crippen LogP contribution in [0.25, 0.3) is 10.2 Å². The van der Waals surface area contributed by atoms with Crippen LogP contribution in [0.1, 0.15) is 34.1 Å². The fourth-order valence-electron chi connectivity index (χ4n) is 3.89. The van der Waals surface area contributed by atoms with Crippen LogP contribution in [0.4, 0.5) is 10.2 Å². The SMILES string of the molecule is CCOC(=O)c1sc2ncnc(N3CCCN(Cc4ccccc4F)CC3)c2c1C. The fraction of sp³-hybridized carbons (Fsp3) is 0.409. The van der Waals surface area contributed by atoms with Gasteiger partial charge in [0.05, 0.1) is 12.0 Å². The Bertz CT molecular complexity index is 1050. The first-order chi connectivity index (χ1) is 14.6. The molecule has 3 heterocycles. The van der Waals surface area contributed by atoms with E-state index in [1.807, 2.05) is 19.1 Å². The van der Waals surface area contributed by atoms with Gasteiger partial charge in [0.25, 0.3) is 0 Å². The fourth-order valence-corrected chi connectivity index (χ4v) is 4.93. The van der Waals surface area contributed by atoms with Crippen LogP contribution in [0, 0.1) is 12.7 Å². The van der Waals surface area contributed by atoms with Crippen molar-refractivity contribution in [2.24, 2.45) is 0 Å². The van der Waals surface area contributed by atoms with Crippen molar-refractivity contribution in [2.45, 2.75) is 26.8 Å². The van der Waals surface area contributed by atoms with E-state index in [0.29, 0.717) is 18.0 Å². The van der Waals surface area contributed by atoms with Crippen LogP contribution in [0.3, 0.4) is 0 Å². The quantitative estimate of drug-likeness (QED) is 0.572. The number of aryl methyl sites for hydroxylation is 1. The summed E-state index contributed by atoms with van der Waals surface area (Å²) in [5, 5.41) is 0.924. The Morgan fingerprint density at radius 2 is 2.03 bits per heavy atom. The Balaban J connectivity index is 1.56. The van der Waals surface area contributed by atoms with Crippen LogP contribution in [-0.2, 0) is 11.3 Å². The average molecular weight is 429 g/mol. The van der Waals surface area contributed by atoms with Gasteiger partial charge in [-0.15, -0.1) is 11.3 Å². The highest BCUT2D eigenvalue weighted by molar-refractivity contribution is 7.20. The molecule has 0 amide bonds. The van der Waals surface area contributed by atoms with Gasteiger partial charge in [0.15, 0.2) is 0 Å². The molecular weight excluding hydrogens is 403 g/mol. The molecule has 1 aromatic carbocycles. The third kappa shape index (κ3) is 4.15. The lowest BCUT2D eigenvalue weighted by Gasteiger charge is -2.23. The number of fused-ring (bicyclic) bond motifs is 1. The molecule has 1 aliphatic rings. The highest BCUT2D eigenvalue weighted by atomic mass is 32.1. The number of esters is 1. The van der Waals surface area contributed by atoms with E-state index in [9.17, 15) is 9.18 Å². The summed E-state index contributed by atoms with van der Waals surface area (Å²) in [6.07, 6.45) is 2.51. The van der Waals surface area contributed by atoms with E-state index < -0.39 is 0 Å². The van der Waals surface area contributed by atoms with Crippen molar-refractivity contribution in [3.8, 4) is 0 Å². The van der Waals surface area contributed by atoms with Crippen molar-refractivity contribution >= 4 is 33.3 Å². The Morgan fingerprint density at radius 3 is 2.83 bits per heavy atom. The third-order valence-corrected chi connectivity index (χ3v) is 6.59. The first-order valence-electron chi connectivity index (χ1n) is 10.2. The zero-order valence-electron chi connectivity index (χ0n) is 17.2. The van der Waals surface area contributed by atoms with E-state index in [0.717, 1.165) is 59.8 Å². The molecule has 158 valence electrons. The second-order valence-electron chi connectivity index (χ2n) is 7.36. The molecule has 8 heteroatoms. The summed E-state index contributed by atoms with van der Waals surface area (Å²) in [6, 6.07) is 6.95. The molecule has 0 aliphatic carbocycles. The summed E-state index contributed by atoms with van der Waals surface area (Å²) in [6.45, 7) is 8.02. The molecule has 0 atom stereocenters. The van der Waals surface area contributed by atoms with Crippen LogP contribution >= 0.6 is 11.3 Å². The van der Waals surface area contributed by atoms with Crippen LogP contribution in [0.5, 0.6) is 0 Å². The van der Waals surface area contributed by atoms with Gasteiger partial charge in [0, 0.05) is 38.3 Å². The monoisotopic (exact) mass is 428 g/mol. The third-order valence-electron chi connectivity index (χ3n) is 5.41. The van der Waals surface area contributed by atoms with Crippen molar-refractivity contribution in [3.05, 3.63) is 52.4 Å². The van der Waals surface area contributed by atoms with E-state index in [4.69, 9.17) is 4.74 Å². The Kier molecular flexibility index (Phi) is 6.24. The first-order valence-corrected chi connectivity index (χ1v) is 11.0. The number of thiophene rings is 1. The molecule has 1 aliphatic heterocycles.